The van der Waals surface area contributed by atoms with E-state index in [2.05, 4.69) is 9.97 Å². The molecule has 3 nitrogen and oxygen atoms in total. The van der Waals surface area contributed by atoms with E-state index in [0.29, 0.717) is 10.8 Å². The largest absolute Gasteiger partial charge is 0.390 e. The van der Waals surface area contributed by atoms with E-state index < -0.39 is 5.60 Å². The molecule has 0 aliphatic heterocycles. The van der Waals surface area contributed by atoms with Gasteiger partial charge in [-0.05, 0) is 32.0 Å². The normalized spacial score (nSPS) is 12.2. The molecular weight excluding hydrogens is 244 g/mol. The number of imidazole rings is 1. The van der Waals surface area contributed by atoms with Crippen LogP contribution < -0.4 is 0 Å². The van der Waals surface area contributed by atoms with Gasteiger partial charge in [0.1, 0.15) is 0 Å². The van der Waals surface area contributed by atoms with Crippen molar-refractivity contribution in [3.63, 3.8) is 0 Å². The van der Waals surface area contributed by atoms with Crippen LogP contribution in [0.5, 0.6) is 0 Å². The summed E-state index contributed by atoms with van der Waals surface area (Å²) in [5.74, 6) is 0.598. The van der Waals surface area contributed by atoms with Crippen LogP contribution in [0.25, 0.3) is 11.0 Å². The molecule has 1 heterocycles. The molecular formula is C11H13ClN2OS. The zero-order chi connectivity index (χ0) is 11.8. The molecule has 1 aromatic heterocycles. The van der Waals surface area contributed by atoms with Crippen molar-refractivity contribution in [2.45, 2.75) is 24.6 Å². The molecule has 0 atom stereocenters. The number of rotatable bonds is 3. The minimum absolute atomic E-state index is 0.598. The van der Waals surface area contributed by atoms with Crippen LogP contribution in [0.2, 0.25) is 5.02 Å². The lowest BCUT2D eigenvalue weighted by molar-refractivity contribution is 0.107. The van der Waals surface area contributed by atoms with Crippen LogP contribution in [0.15, 0.2) is 23.4 Å². The van der Waals surface area contributed by atoms with Crippen molar-refractivity contribution in [2.24, 2.45) is 0 Å². The van der Waals surface area contributed by atoms with E-state index in [1.54, 1.807) is 13.8 Å². The number of aromatic amines is 1. The van der Waals surface area contributed by atoms with E-state index in [1.807, 2.05) is 18.2 Å². The van der Waals surface area contributed by atoms with Gasteiger partial charge in [-0.1, -0.05) is 23.4 Å². The van der Waals surface area contributed by atoms with Gasteiger partial charge in [0.25, 0.3) is 0 Å². The Balaban J connectivity index is 2.20. The molecule has 0 fully saturated rings. The summed E-state index contributed by atoms with van der Waals surface area (Å²) in [5, 5.41) is 11.1. The molecule has 0 spiro atoms. The van der Waals surface area contributed by atoms with Crippen molar-refractivity contribution in [3.8, 4) is 0 Å². The first-order chi connectivity index (χ1) is 7.44. The second-order valence-corrected chi connectivity index (χ2v) is 5.71. The molecule has 16 heavy (non-hydrogen) atoms. The Labute approximate surface area is 103 Å². The van der Waals surface area contributed by atoms with E-state index >= 15 is 0 Å². The summed E-state index contributed by atoms with van der Waals surface area (Å²) in [6.45, 7) is 3.55. The Bertz CT molecular complexity index is 504. The Hall–Kier alpha value is -0.710. The Kier molecular flexibility index (Phi) is 3.15. The molecule has 5 heteroatoms. The second kappa shape index (κ2) is 4.28. The summed E-state index contributed by atoms with van der Waals surface area (Å²) in [5.41, 5.74) is 1.12. The SMILES string of the molecule is CC(C)(O)CSc1nc2ccc(Cl)cc2[nH]1. The van der Waals surface area contributed by atoms with E-state index in [4.69, 9.17) is 11.6 Å². The first-order valence-corrected chi connectivity index (χ1v) is 6.31. The minimum Gasteiger partial charge on any atom is -0.390 e. The fourth-order valence-corrected chi connectivity index (χ4v) is 2.28. The molecule has 2 N–H and O–H groups in total. The number of aromatic nitrogens is 2. The maximum absolute atomic E-state index is 9.61. The lowest BCUT2D eigenvalue weighted by atomic mass is 10.2. The summed E-state index contributed by atoms with van der Waals surface area (Å²) in [7, 11) is 0. The number of thioether (sulfide) groups is 1. The van der Waals surface area contributed by atoms with Gasteiger partial charge in [-0.3, -0.25) is 0 Å². The number of hydrogen-bond acceptors (Lipinski definition) is 3. The molecule has 0 bridgehead atoms. The number of H-pyrrole nitrogens is 1. The molecule has 1 aromatic carbocycles. The van der Waals surface area contributed by atoms with E-state index in [-0.39, 0.29) is 0 Å². The molecule has 86 valence electrons. The maximum atomic E-state index is 9.61. The van der Waals surface area contributed by atoms with Crippen molar-refractivity contribution >= 4 is 34.4 Å². The highest BCUT2D eigenvalue weighted by Gasteiger charge is 2.14. The molecule has 0 unspecified atom stereocenters. The molecule has 0 saturated carbocycles. The summed E-state index contributed by atoms with van der Waals surface area (Å²) < 4.78 is 0. The maximum Gasteiger partial charge on any atom is 0.166 e. The van der Waals surface area contributed by atoms with Crippen LogP contribution in [-0.4, -0.2) is 26.4 Å². The van der Waals surface area contributed by atoms with Gasteiger partial charge in [0, 0.05) is 10.8 Å². The highest BCUT2D eigenvalue weighted by atomic mass is 35.5. The van der Waals surface area contributed by atoms with Crippen molar-refractivity contribution in [2.75, 3.05) is 5.75 Å². The summed E-state index contributed by atoms with van der Waals surface area (Å²) in [6, 6.07) is 5.54. The van der Waals surface area contributed by atoms with Gasteiger partial charge in [0.15, 0.2) is 5.16 Å². The number of benzene rings is 1. The van der Waals surface area contributed by atoms with Crippen LogP contribution >= 0.6 is 23.4 Å². The van der Waals surface area contributed by atoms with Crippen molar-refractivity contribution in [3.05, 3.63) is 23.2 Å². The first-order valence-electron chi connectivity index (χ1n) is 4.94. The zero-order valence-corrected chi connectivity index (χ0v) is 10.7. The van der Waals surface area contributed by atoms with Gasteiger partial charge >= 0.3 is 0 Å². The average Bonchev–Trinajstić information content (AvgIpc) is 2.55. The van der Waals surface area contributed by atoms with Crippen molar-refractivity contribution in [1.29, 1.82) is 0 Å². The van der Waals surface area contributed by atoms with Crippen LogP contribution in [-0.2, 0) is 0 Å². The van der Waals surface area contributed by atoms with E-state index in [0.717, 1.165) is 16.2 Å². The lowest BCUT2D eigenvalue weighted by Crippen LogP contribution is -2.21. The molecule has 0 saturated heterocycles. The highest BCUT2D eigenvalue weighted by Crippen LogP contribution is 2.24. The van der Waals surface area contributed by atoms with Crippen molar-refractivity contribution < 1.29 is 5.11 Å². The van der Waals surface area contributed by atoms with Crippen LogP contribution in [0, 0.1) is 0 Å². The summed E-state index contributed by atoms with van der Waals surface area (Å²) in [6.07, 6.45) is 0. The third-order valence-electron chi connectivity index (χ3n) is 1.98. The van der Waals surface area contributed by atoms with E-state index in [1.165, 1.54) is 11.8 Å². The molecule has 0 radical (unpaired) electrons. The van der Waals surface area contributed by atoms with Crippen LogP contribution in [0.4, 0.5) is 0 Å². The summed E-state index contributed by atoms with van der Waals surface area (Å²) in [4.78, 5) is 7.56. The quantitative estimate of drug-likeness (QED) is 0.830. The Morgan fingerprint density at radius 2 is 2.25 bits per heavy atom. The number of aliphatic hydroxyl groups is 1. The second-order valence-electron chi connectivity index (χ2n) is 4.30. The predicted octanol–water partition coefficient (Wildman–Crippen LogP) is 3.08. The number of halogens is 1. The topological polar surface area (TPSA) is 48.9 Å². The van der Waals surface area contributed by atoms with Gasteiger partial charge in [0.2, 0.25) is 0 Å². The molecule has 0 aliphatic carbocycles. The Morgan fingerprint density at radius 1 is 1.50 bits per heavy atom. The predicted molar refractivity (Wildman–Crippen MR) is 68.1 cm³/mol. The molecule has 2 aromatic rings. The summed E-state index contributed by atoms with van der Waals surface area (Å²) >= 11 is 7.38. The van der Waals surface area contributed by atoms with Gasteiger partial charge in [-0.25, -0.2) is 4.98 Å². The number of nitrogens with zero attached hydrogens (tertiary/aromatic N) is 1. The number of hydrogen-bond donors (Lipinski definition) is 2. The average molecular weight is 257 g/mol. The van der Waals surface area contributed by atoms with Crippen molar-refractivity contribution in [1.82, 2.24) is 9.97 Å². The van der Waals surface area contributed by atoms with Gasteiger partial charge < -0.3 is 10.1 Å². The monoisotopic (exact) mass is 256 g/mol. The van der Waals surface area contributed by atoms with Gasteiger partial charge in [-0.15, -0.1) is 0 Å². The number of fused-ring (bicyclic) bond motifs is 1. The highest BCUT2D eigenvalue weighted by molar-refractivity contribution is 7.99. The molecule has 0 aliphatic rings. The fourth-order valence-electron chi connectivity index (χ4n) is 1.27. The lowest BCUT2D eigenvalue weighted by Gasteiger charge is -2.14. The standard InChI is InChI=1S/C11H13ClN2OS/c1-11(2,15)6-16-10-13-8-4-3-7(12)5-9(8)14-10/h3-5,15H,6H2,1-2H3,(H,13,14). The Morgan fingerprint density at radius 3 is 2.94 bits per heavy atom. The molecule has 2 rings (SSSR count). The zero-order valence-electron chi connectivity index (χ0n) is 9.12. The van der Waals surface area contributed by atoms with E-state index in [9.17, 15) is 5.11 Å². The number of nitrogens with one attached hydrogen (secondary N) is 1. The molecule has 0 amide bonds. The first kappa shape index (κ1) is 11.8. The third-order valence-corrected chi connectivity index (χ3v) is 3.54. The third kappa shape index (κ3) is 2.90. The van der Waals surface area contributed by atoms with Gasteiger partial charge in [0.05, 0.1) is 16.6 Å². The van der Waals surface area contributed by atoms with Crippen LogP contribution in [0.3, 0.4) is 0 Å². The smallest absolute Gasteiger partial charge is 0.166 e. The van der Waals surface area contributed by atoms with Crippen LogP contribution in [0.1, 0.15) is 13.8 Å². The minimum atomic E-state index is -0.693. The van der Waals surface area contributed by atoms with Gasteiger partial charge in [-0.2, -0.15) is 0 Å². The fraction of sp³-hybridized carbons (Fsp3) is 0.364.